The van der Waals surface area contributed by atoms with Crippen LogP contribution in [-0.4, -0.2) is 24.1 Å². The molecule has 3 aromatic heterocycles. The highest BCUT2D eigenvalue weighted by Gasteiger charge is 2.23. The van der Waals surface area contributed by atoms with E-state index in [1.807, 2.05) is 6.07 Å². The van der Waals surface area contributed by atoms with Crippen molar-refractivity contribution < 1.29 is 0 Å². The minimum atomic E-state index is 0.556. The molecule has 0 unspecified atom stereocenters. The Bertz CT molecular complexity index is 3590. The Balaban J connectivity index is 1.09. The molecular weight excluding hydrogens is 755 g/mol. The Hall–Kier alpha value is -8.41. The Morgan fingerprint density at radius 3 is 1.19 bits per heavy atom. The first-order chi connectivity index (χ1) is 30.7. The molecule has 0 aliphatic heterocycles. The maximum Gasteiger partial charge on any atom is 0.238 e. The largest absolute Gasteiger partial charge is 0.307 e. The van der Waals surface area contributed by atoms with Crippen LogP contribution in [0, 0.1) is 0 Å². The molecular formula is C57H37N5. The summed E-state index contributed by atoms with van der Waals surface area (Å²) in [6, 6.07) is 79.2. The van der Waals surface area contributed by atoms with E-state index in [4.69, 9.17) is 15.0 Å². The van der Waals surface area contributed by atoms with Gasteiger partial charge in [-0.3, -0.25) is 4.57 Å². The molecule has 5 heteroatoms. The van der Waals surface area contributed by atoms with Crippen LogP contribution in [-0.2, 0) is 0 Å². The number of benzene rings is 9. The Labute approximate surface area is 358 Å². The lowest BCUT2D eigenvalue weighted by Gasteiger charge is -2.13. The SMILES string of the molecule is c1ccc(-c2ccc(-c3nc(-c4ccc(-c5cccc(-c6ccccc6)c5)cc4)nc(-n4c5ccccc5c5ccc6c7ccccc7n(-c7ccccc7)c6c54)n3)cc2)cc1. The van der Waals surface area contributed by atoms with E-state index in [0.29, 0.717) is 17.6 Å². The molecule has 62 heavy (non-hydrogen) atoms. The molecule has 0 saturated carbocycles. The van der Waals surface area contributed by atoms with E-state index in [2.05, 4.69) is 228 Å². The van der Waals surface area contributed by atoms with Gasteiger partial charge in [0.25, 0.3) is 0 Å². The van der Waals surface area contributed by atoms with E-state index in [1.54, 1.807) is 0 Å². The van der Waals surface area contributed by atoms with E-state index < -0.39 is 0 Å². The molecule has 3 heterocycles. The molecule has 0 atom stereocenters. The van der Waals surface area contributed by atoms with Crippen LogP contribution in [0.3, 0.4) is 0 Å². The van der Waals surface area contributed by atoms with Gasteiger partial charge >= 0.3 is 0 Å². The number of fused-ring (bicyclic) bond motifs is 7. The van der Waals surface area contributed by atoms with Crippen molar-refractivity contribution in [2.45, 2.75) is 0 Å². The summed E-state index contributed by atoms with van der Waals surface area (Å²) >= 11 is 0. The molecule has 12 aromatic rings. The van der Waals surface area contributed by atoms with Crippen molar-refractivity contribution in [1.82, 2.24) is 24.1 Å². The second-order valence-corrected chi connectivity index (χ2v) is 15.6. The number of hydrogen-bond acceptors (Lipinski definition) is 3. The molecule has 0 aliphatic rings. The molecule has 0 fully saturated rings. The van der Waals surface area contributed by atoms with Gasteiger partial charge in [-0.25, -0.2) is 4.98 Å². The van der Waals surface area contributed by atoms with Gasteiger partial charge in [-0.1, -0.05) is 194 Å². The van der Waals surface area contributed by atoms with Gasteiger partial charge in [0.1, 0.15) is 0 Å². The Kier molecular flexibility index (Phi) is 8.42. The fraction of sp³-hybridized carbons (Fsp3) is 0. The number of nitrogens with zero attached hydrogens (tertiary/aromatic N) is 5. The van der Waals surface area contributed by atoms with Gasteiger partial charge in [-0.2, -0.15) is 9.97 Å². The first kappa shape index (κ1) is 35.5. The van der Waals surface area contributed by atoms with Crippen molar-refractivity contribution in [2.24, 2.45) is 0 Å². The smallest absolute Gasteiger partial charge is 0.238 e. The monoisotopic (exact) mass is 791 g/mol. The summed E-state index contributed by atoms with van der Waals surface area (Å²) in [5.41, 5.74) is 14.2. The zero-order valence-electron chi connectivity index (χ0n) is 33.6. The van der Waals surface area contributed by atoms with Crippen LogP contribution in [0.5, 0.6) is 0 Å². The zero-order chi connectivity index (χ0) is 41.0. The lowest BCUT2D eigenvalue weighted by Crippen LogP contribution is -2.07. The van der Waals surface area contributed by atoms with Crippen molar-refractivity contribution in [3.8, 4) is 67.8 Å². The van der Waals surface area contributed by atoms with Crippen molar-refractivity contribution in [2.75, 3.05) is 0 Å². The third-order valence-corrected chi connectivity index (χ3v) is 12.0. The minimum absolute atomic E-state index is 0.556. The molecule has 0 amide bonds. The highest BCUT2D eigenvalue weighted by molar-refractivity contribution is 6.23. The zero-order valence-corrected chi connectivity index (χ0v) is 33.6. The summed E-state index contributed by atoms with van der Waals surface area (Å²) in [5, 5.41) is 4.62. The van der Waals surface area contributed by atoms with E-state index in [-0.39, 0.29) is 0 Å². The van der Waals surface area contributed by atoms with Gasteiger partial charge in [0.05, 0.1) is 22.1 Å². The number of rotatable bonds is 7. The normalized spacial score (nSPS) is 11.5. The maximum absolute atomic E-state index is 5.39. The first-order valence-corrected chi connectivity index (χ1v) is 20.9. The molecule has 0 spiro atoms. The quantitative estimate of drug-likeness (QED) is 0.162. The average Bonchev–Trinajstić information content (AvgIpc) is 3.88. The molecule has 0 radical (unpaired) electrons. The molecule has 0 N–H and O–H groups in total. The van der Waals surface area contributed by atoms with Gasteiger partial charge in [-0.05, 0) is 63.7 Å². The molecule has 9 aromatic carbocycles. The fourth-order valence-corrected chi connectivity index (χ4v) is 9.04. The minimum Gasteiger partial charge on any atom is -0.307 e. The van der Waals surface area contributed by atoms with Crippen LogP contribution in [0.15, 0.2) is 224 Å². The number of hydrogen-bond donors (Lipinski definition) is 0. The summed E-state index contributed by atoms with van der Waals surface area (Å²) in [7, 11) is 0. The van der Waals surface area contributed by atoms with Crippen LogP contribution >= 0.6 is 0 Å². The highest BCUT2D eigenvalue weighted by Crippen LogP contribution is 2.42. The van der Waals surface area contributed by atoms with Gasteiger partial charge in [0, 0.05) is 38.4 Å². The van der Waals surface area contributed by atoms with Gasteiger partial charge in [0.15, 0.2) is 11.6 Å². The lowest BCUT2D eigenvalue weighted by molar-refractivity contribution is 0.953. The number of para-hydroxylation sites is 3. The summed E-state index contributed by atoms with van der Waals surface area (Å²) in [6.45, 7) is 0. The molecule has 0 bridgehead atoms. The van der Waals surface area contributed by atoms with E-state index >= 15 is 0 Å². The van der Waals surface area contributed by atoms with Gasteiger partial charge in [0.2, 0.25) is 5.95 Å². The summed E-state index contributed by atoms with van der Waals surface area (Å²) in [4.78, 5) is 16.0. The van der Waals surface area contributed by atoms with Crippen molar-refractivity contribution >= 4 is 43.6 Å². The standard InChI is InChI=1S/C57H37N5/c1-4-15-38(16-5-1)40-27-31-42(32-28-40)55-58-56(43-33-29-41(30-34-43)45-20-14-19-44(37-45)39-17-6-2-7-18-39)60-57(59-55)62-52-26-13-11-24-48(52)50-36-35-49-47-23-10-12-25-51(47)61(53(49)54(50)62)46-21-8-3-9-22-46/h1-37H. The maximum atomic E-state index is 5.39. The topological polar surface area (TPSA) is 48.5 Å². The van der Waals surface area contributed by atoms with Crippen LogP contribution in [0.25, 0.3) is 111 Å². The molecule has 0 saturated heterocycles. The average molecular weight is 792 g/mol. The van der Waals surface area contributed by atoms with Crippen molar-refractivity contribution in [1.29, 1.82) is 0 Å². The Morgan fingerprint density at radius 2 is 0.645 bits per heavy atom. The molecule has 5 nitrogen and oxygen atoms in total. The second kappa shape index (κ2) is 14.7. The number of aromatic nitrogens is 5. The second-order valence-electron chi connectivity index (χ2n) is 15.6. The van der Waals surface area contributed by atoms with Crippen LogP contribution in [0.2, 0.25) is 0 Å². The van der Waals surface area contributed by atoms with E-state index in [9.17, 15) is 0 Å². The molecule has 290 valence electrons. The highest BCUT2D eigenvalue weighted by atomic mass is 15.2. The van der Waals surface area contributed by atoms with Crippen molar-refractivity contribution in [3.63, 3.8) is 0 Å². The predicted molar refractivity (Wildman–Crippen MR) is 256 cm³/mol. The summed E-state index contributed by atoms with van der Waals surface area (Å²) < 4.78 is 4.64. The molecule has 12 rings (SSSR count). The van der Waals surface area contributed by atoms with Crippen LogP contribution < -0.4 is 0 Å². The Morgan fingerprint density at radius 1 is 0.258 bits per heavy atom. The van der Waals surface area contributed by atoms with E-state index in [0.717, 1.165) is 71.9 Å². The summed E-state index contributed by atoms with van der Waals surface area (Å²) in [5.74, 6) is 1.76. The lowest BCUT2D eigenvalue weighted by atomic mass is 9.98. The van der Waals surface area contributed by atoms with Crippen LogP contribution in [0.1, 0.15) is 0 Å². The summed E-state index contributed by atoms with van der Waals surface area (Å²) in [6.07, 6.45) is 0. The van der Waals surface area contributed by atoms with Gasteiger partial charge in [-0.15, -0.1) is 0 Å². The van der Waals surface area contributed by atoms with Crippen molar-refractivity contribution in [3.05, 3.63) is 224 Å². The third-order valence-electron chi connectivity index (χ3n) is 12.0. The predicted octanol–water partition coefficient (Wildman–Crippen LogP) is 14.4. The third kappa shape index (κ3) is 5.98. The van der Waals surface area contributed by atoms with E-state index in [1.165, 1.54) is 21.9 Å². The van der Waals surface area contributed by atoms with Crippen LogP contribution in [0.4, 0.5) is 0 Å². The fourth-order valence-electron chi connectivity index (χ4n) is 9.04. The first-order valence-electron chi connectivity index (χ1n) is 20.9. The molecule has 0 aliphatic carbocycles. The van der Waals surface area contributed by atoms with Gasteiger partial charge < -0.3 is 4.57 Å².